The average Bonchev–Trinajstić information content (AvgIpc) is 2.48. The Bertz CT molecular complexity index is 598. The van der Waals surface area contributed by atoms with E-state index < -0.39 is 0 Å². The third-order valence-electron chi connectivity index (χ3n) is 3.48. The number of anilines is 2. The smallest absolute Gasteiger partial charge is 0.132 e. The van der Waals surface area contributed by atoms with Crippen molar-refractivity contribution in [3.8, 4) is 0 Å². The van der Waals surface area contributed by atoms with Crippen LogP contribution in [0.3, 0.4) is 0 Å². The van der Waals surface area contributed by atoms with Gasteiger partial charge in [0.1, 0.15) is 23.3 Å². The Labute approximate surface area is 131 Å². The van der Waals surface area contributed by atoms with Crippen molar-refractivity contribution in [2.75, 3.05) is 17.2 Å². The minimum Gasteiger partial charge on any atom is -0.370 e. The van der Waals surface area contributed by atoms with Gasteiger partial charge in [0.2, 0.25) is 0 Å². The molecular weight excluding hydrogens is 279 g/mol. The summed E-state index contributed by atoms with van der Waals surface area (Å²) < 4.78 is 12.9. The van der Waals surface area contributed by atoms with Gasteiger partial charge in [0, 0.05) is 18.7 Å². The van der Waals surface area contributed by atoms with E-state index in [0.29, 0.717) is 6.04 Å². The Hall–Kier alpha value is -2.17. The number of hydrogen-bond acceptors (Lipinski definition) is 4. The molecule has 0 radical (unpaired) electrons. The van der Waals surface area contributed by atoms with Gasteiger partial charge in [0.15, 0.2) is 0 Å². The van der Waals surface area contributed by atoms with Crippen LogP contribution in [-0.4, -0.2) is 22.6 Å². The lowest BCUT2D eigenvalue weighted by molar-refractivity contribution is 0.627. The molecule has 0 saturated carbocycles. The second-order valence-corrected chi connectivity index (χ2v) is 5.44. The fraction of sp³-hybridized carbons (Fsp3) is 0.412. The largest absolute Gasteiger partial charge is 0.370 e. The highest BCUT2D eigenvalue weighted by atomic mass is 19.1. The third-order valence-corrected chi connectivity index (χ3v) is 3.48. The maximum atomic E-state index is 12.9. The molecule has 0 aliphatic carbocycles. The summed E-state index contributed by atoms with van der Waals surface area (Å²) in [6.07, 6.45) is 1.85. The fourth-order valence-corrected chi connectivity index (χ4v) is 2.07. The van der Waals surface area contributed by atoms with Crippen molar-refractivity contribution in [2.24, 2.45) is 0 Å². The van der Waals surface area contributed by atoms with Crippen molar-refractivity contribution < 1.29 is 4.39 Å². The second-order valence-electron chi connectivity index (χ2n) is 5.44. The lowest BCUT2D eigenvalue weighted by Crippen LogP contribution is -2.16. The molecule has 4 nitrogen and oxygen atoms in total. The Morgan fingerprint density at radius 1 is 1.14 bits per heavy atom. The molecule has 2 N–H and O–H groups in total. The maximum Gasteiger partial charge on any atom is 0.132 e. The summed E-state index contributed by atoms with van der Waals surface area (Å²) in [5, 5.41) is 6.65. The number of halogens is 1. The highest BCUT2D eigenvalue weighted by Crippen LogP contribution is 2.13. The number of rotatable bonds is 7. The first-order valence-corrected chi connectivity index (χ1v) is 7.67. The lowest BCUT2D eigenvalue weighted by Gasteiger charge is -2.14. The van der Waals surface area contributed by atoms with Crippen LogP contribution in [0.25, 0.3) is 0 Å². The maximum absolute atomic E-state index is 12.9. The topological polar surface area (TPSA) is 49.8 Å². The molecule has 1 aromatic carbocycles. The van der Waals surface area contributed by atoms with Gasteiger partial charge in [-0.25, -0.2) is 14.4 Å². The number of nitrogens with zero attached hydrogens (tertiary/aromatic N) is 2. The zero-order valence-electron chi connectivity index (χ0n) is 13.4. The normalized spacial score (nSPS) is 12.0. The van der Waals surface area contributed by atoms with Crippen molar-refractivity contribution in [3.05, 3.63) is 47.5 Å². The van der Waals surface area contributed by atoms with E-state index in [4.69, 9.17) is 0 Å². The van der Waals surface area contributed by atoms with E-state index in [0.717, 1.165) is 42.4 Å². The molecule has 1 unspecified atom stereocenters. The van der Waals surface area contributed by atoms with Crippen LogP contribution in [-0.2, 0) is 6.42 Å². The lowest BCUT2D eigenvalue weighted by atomic mass is 10.1. The Morgan fingerprint density at radius 3 is 2.50 bits per heavy atom. The number of hydrogen-bond donors (Lipinski definition) is 2. The molecule has 0 saturated heterocycles. The van der Waals surface area contributed by atoms with E-state index in [1.165, 1.54) is 12.1 Å². The predicted octanol–water partition coefficient (Wildman–Crippen LogP) is 3.79. The van der Waals surface area contributed by atoms with Gasteiger partial charge in [0.25, 0.3) is 0 Å². The highest BCUT2D eigenvalue weighted by molar-refractivity contribution is 5.48. The van der Waals surface area contributed by atoms with Gasteiger partial charge in [0.05, 0.1) is 0 Å². The molecule has 0 spiro atoms. The molecule has 0 aliphatic rings. The summed E-state index contributed by atoms with van der Waals surface area (Å²) in [6, 6.07) is 8.87. The number of benzene rings is 1. The Morgan fingerprint density at radius 2 is 1.82 bits per heavy atom. The summed E-state index contributed by atoms with van der Waals surface area (Å²) in [4.78, 5) is 8.78. The van der Waals surface area contributed by atoms with Gasteiger partial charge in [-0.2, -0.15) is 0 Å². The van der Waals surface area contributed by atoms with Gasteiger partial charge in [-0.05, 0) is 44.4 Å². The fourth-order valence-electron chi connectivity index (χ4n) is 2.07. The molecule has 2 aromatic rings. The van der Waals surface area contributed by atoms with Crippen LogP contribution in [0.5, 0.6) is 0 Å². The molecule has 0 bridgehead atoms. The summed E-state index contributed by atoms with van der Waals surface area (Å²) in [5.41, 5.74) is 1.10. The first kappa shape index (κ1) is 16.2. The standard InChI is InChI=1S/C17H23FN4/c1-4-12(2)20-17-11-16(21-13(3)22-17)19-10-9-14-5-7-15(18)8-6-14/h5-8,11-12H,4,9-10H2,1-3H3,(H2,19,20,21,22). The predicted molar refractivity (Wildman–Crippen MR) is 88.7 cm³/mol. The van der Waals surface area contributed by atoms with E-state index in [9.17, 15) is 4.39 Å². The van der Waals surface area contributed by atoms with Crippen molar-refractivity contribution in [1.29, 1.82) is 0 Å². The minimum atomic E-state index is -0.205. The second kappa shape index (κ2) is 7.73. The third kappa shape index (κ3) is 4.98. The van der Waals surface area contributed by atoms with Gasteiger partial charge >= 0.3 is 0 Å². The van der Waals surface area contributed by atoms with Crippen molar-refractivity contribution in [1.82, 2.24) is 9.97 Å². The van der Waals surface area contributed by atoms with Crippen molar-refractivity contribution in [2.45, 2.75) is 39.7 Å². The molecule has 1 heterocycles. The van der Waals surface area contributed by atoms with Crippen molar-refractivity contribution in [3.63, 3.8) is 0 Å². The molecule has 1 aromatic heterocycles. The van der Waals surface area contributed by atoms with E-state index in [-0.39, 0.29) is 5.82 Å². The molecule has 0 fully saturated rings. The van der Waals surface area contributed by atoms with Gasteiger partial charge in [-0.3, -0.25) is 0 Å². The minimum absolute atomic E-state index is 0.205. The van der Waals surface area contributed by atoms with Gasteiger partial charge < -0.3 is 10.6 Å². The number of nitrogens with one attached hydrogen (secondary N) is 2. The van der Waals surface area contributed by atoms with E-state index >= 15 is 0 Å². The van der Waals surface area contributed by atoms with E-state index in [2.05, 4.69) is 34.4 Å². The number of aryl methyl sites for hydroxylation is 1. The zero-order valence-corrected chi connectivity index (χ0v) is 13.4. The molecule has 22 heavy (non-hydrogen) atoms. The summed E-state index contributed by atoms with van der Waals surface area (Å²) in [5.74, 6) is 2.17. The Balaban J connectivity index is 1.93. The van der Waals surface area contributed by atoms with Crippen LogP contribution < -0.4 is 10.6 Å². The van der Waals surface area contributed by atoms with Crippen molar-refractivity contribution >= 4 is 11.6 Å². The molecule has 0 amide bonds. The van der Waals surface area contributed by atoms with Crippen LogP contribution in [0.2, 0.25) is 0 Å². The van der Waals surface area contributed by atoms with Gasteiger partial charge in [-0.1, -0.05) is 19.1 Å². The molecule has 5 heteroatoms. The van der Waals surface area contributed by atoms with Crippen LogP contribution in [0.1, 0.15) is 31.7 Å². The molecule has 1 atom stereocenters. The summed E-state index contributed by atoms with van der Waals surface area (Å²) in [6.45, 7) is 6.88. The molecule has 118 valence electrons. The van der Waals surface area contributed by atoms with Crippen LogP contribution in [0.4, 0.5) is 16.0 Å². The average molecular weight is 302 g/mol. The quantitative estimate of drug-likeness (QED) is 0.817. The monoisotopic (exact) mass is 302 g/mol. The highest BCUT2D eigenvalue weighted by Gasteiger charge is 2.04. The first-order chi connectivity index (χ1) is 10.6. The molecular formula is C17H23FN4. The van der Waals surface area contributed by atoms with Crippen LogP contribution in [0, 0.1) is 12.7 Å². The first-order valence-electron chi connectivity index (χ1n) is 7.67. The van der Waals surface area contributed by atoms with E-state index in [1.54, 1.807) is 12.1 Å². The van der Waals surface area contributed by atoms with Gasteiger partial charge in [-0.15, -0.1) is 0 Å². The molecule has 2 rings (SSSR count). The zero-order chi connectivity index (χ0) is 15.9. The summed E-state index contributed by atoms with van der Waals surface area (Å²) >= 11 is 0. The Kier molecular flexibility index (Phi) is 5.69. The van der Waals surface area contributed by atoms with E-state index in [1.807, 2.05) is 13.0 Å². The molecule has 0 aliphatic heterocycles. The number of aromatic nitrogens is 2. The summed E-state index contributed by atoms with van der Waals surface area (Å²) in [7, 11) is 0. The van der Waals surface area contributed by atoms with Crippen LogP contribution >= 0.6 is 0 Å². The van der Waals surface area contributed by atoms with Crippen LogP contribution in [0.15, 0.2) is 30.3 Å². The SMILES string of the molecule is CCC(C)Nc1cc(NCCc2ccc(F)cc2)nc(C)n1.